The molecule has 3 heteroatoms. The Morgan fingerprint density at radius 2 is 2.20 bits per heavy atom. The molecule has 3 rings (SSSR count). The number of nitrogens with zero attached hydrogens (tertiary/aromatic N) is 2. The van der Waals surface area contributed by atoms with Crippen molar-refractivity contribution in [1.82, 2.24) is 9.55 Å². The number of benzene rings is 1. The third-order valence-electron chi connectivity index (χ3n) is 4.66. The second-order valence-corrected chi connectivity index (χ2v) is 7.16. The minimum atomic E-state index is 0.424. The summed E-state index contributed by atoms with van der Waals surface area (Å²) >= 11 is 6.16. The van der Waals surface area contributed by atoms with Gasteiger partial charge in [0.1, 0.15) is 5.82 Å². The quantitative estimate of drug-likeness (QED) is 0.693. The number of hydrogen-bond donors (Lipinski definition) is 0. The highest BCUT2D eigenvalue weighted by Gasteiger charge is 2.30. The first kappa shape index (κ1) is 13.9. The van der Waals surface area contributed by atoms with E-state index in [1.165, 1.54) is 36.8 Å². The van der Waals surface area contributed by atoms with E-state index in [4.69, 9.17) is 16.6 Å². The van der Waals surface area contributed by atoms with Crippen LogP contribution in [0.3, 0.4) is 0 Å². The maximum Gasteiger partial charge on any atom is 0.125 e. The van der Waals surface area contributed by atoms with Crippen molar-refractivity contribution in [2.45, 2.75) is 58.4 Å². The van der Waals surface area contributed by atoms with Crippen LogP contribution in [0.2, 0.25) is 0 Å². The number of imidazole rings is 1. The molecule has 1 aliphatic rings. The van der Waals surface area contributed by atoms with Gasteiger partial charge in [0.05, 0.1) is 16.9 Å². The maximum atomic E-state index is 6.16. The number of fused-ring (bicyclic) bond motifs is 1. The molecule has 1 atom stereocenters. The number of aromatic nitrogens is 2. The molecule has 0 saturated heterocycles. The Balaban J connectivity index is 2.12. The zero-order valence-electron chi connectivity index (χ0n) is 12.6. The molecule has 2 aromatic rings. The van der Waals surface area contributed by atoms with E-state index in [1.54, 1.807) is 0 Å². The summed E-state index contributed by atoms with van der Waals surface area (Å²) in [5, 5.41) is 0. The molecular weight excluding hydrogens is 268 g/mol. The van der Waals surface area contributed by atoms with E-state index in [1.807, 2.05) is 0 Å². The van der Waals surface area contributed by atoms with Crippen LogP contribution in [0, 0.1) is 12.3 Å². The van der Waals surface area contributed by atoms with Crippen molar-refractivity contribution in [2.75, 3.05) is 0 Å². The number of hydrogen-bond acceptors (Lipinski definition) is 1. The molecule has 0 aliphatic heterocycles. The van der Waals surface area contributed by atoms with Crippen LogP contribution in [0.5, 0.6) is 0 Å². The monoisotopic (exact) mass is 290 g/mol. The molecule has 0 amide bonds. The standard InChI is InChI=1S/C17H23ClN2/c1-12-6-4-8-14-16(12)19-15(11-18)20(14)13-7-5-9-17(2,3)10-13/h4,6,8,13H,5,7,9-11H2,1-3H3. The van der Waals surface area contributed by atoms with Gasteiger partial charge in [-0.1, -0.05) is 32.4 Å². The Morgan fingerprint density at radius 1 is 1.40 bits per heavy atom. The van der Waals surface area contributed by atoms with Gasteiger partial charge in [0.15, 0.2) is 0 Å². The second-order valence-electron chi connectivity index (χ2n) is 6.89. The number of halogens is 1. The van der Waals surface area contributed by atoms with Crippen molar-refractivity contribution in [3.8, 4) is 0 Å². The topological polar surface area (TPSA) is 17.8 Å². The van der Waals surface area contributed by atoms with Gasteiger partial charge in [0.2, 0.25) is 0 Å². The molecule has 1 unspecified atom stereocenters. The summed E-state index contributed by atoms with van der Waals surface area (Å²) in [6.07, 6.45) is 5.08. The fourth-order valence-corrected chi connectivity index (χ4v) is 3.87. The van der Waals surface area contributed by atoms with Gasteiger partial charge in [-0.3, -0.25) is 0 Å². The van der Waals surface area contributed by atoms with E-state index < -0.39 is 0 Å². The van der Waals surface area contributed by atoms with Crippen LogP contribution >= 0.6 is 11.6 Å². The van der Waals surface area contributed by atoms with E-state index in [9.17, 15) is 0 Å². The summed E-state index contributed by atoms with van der Waals surface area (Å²) in [5.41, 5.74) is 4.03. The molecule has 20 heavy (non-hydrogen) atoms. The lowest BCUT2D eigenvalue weighted by Crippen LogP contribution is -2.25. The first-order valence-electron chi connectivity index (χ1n) is 7.54. The summed E-state index contributed by atoms with van der Waals surface area (Å²) in [4.78, 5) is 4.78. The minimum absolute atomic E-state index is 0.424. The van der Waals surface area contributed by atoms with Gasteiger partial charge in [0.25, 0.3) is 0 Å². The van der Waals surface area contributed by atoms with Crippen LogP contribution in [0.1, 0.15) is 57.0 Å². The molecular formula is C17H23ClN2. The molecule has 1 fully saturated rings. The number of alkyl halides is 1. The average molecular weight is 291 g/mol. The zero-order chi connectivity index (χ0) is 14.3. The Hall–Kier alpha value is -1.02. The summed E-state index contributed by atoms with van der Waals surface area (Å²) in [7, 11) is 0. The van der Waals surface area contributed by atoms with Crippen molar-refractivity contribution in [1.29, 1.82) is 0 Å². The molecule has 1 aromatic carbocycles. The lowest BCUT2D eigenvalue weighted by atomic mass is 9.75. The predicted octanol–water partition coefficient (Wildman–Crippen LogP) is 5.22. The number of rotatable bonds is 2. The highest BCUT2D eigenvalue weighted by Crippen LogP contribution is 2.42. The summed E-state index contributed by atoms with van der Waals surface area (Å²) in [5.74, 6) is 1.52. The fraction of sp³-hybridized carbons (Fsp3) is 0.588. The Kier molecular flexibility index (Phi) is 3.53. The van der Waals surface area contributed by atoms with Crippen LogP contribution < -0.4 is 0 Å². The van der Waals surface area contributed by atoms with Gasteiger partial charge in [-0.15, -0.1) is 11.6 Å². The Bertz CT molecular complexity index is 627. The molecule has 1 aromatic heterocycles. The highest BCUT2D eigenvalue weighted by molar-refractivity contribution is 6.16. The Morgan fingerprint density at radius 3 is 2.90 bits per heavy atom. The van der Waals surface area contributed by atoms with Crippen LogP contribution in [-0.2, 0) is 5.88 Å². The molecule has 0 N–H and O–H groups in total. The molecule has 2 nitrogen and oxygen atoms in total. The molecule has 0 spiro atoms. The first-order chi connectivity index (χ1) is 9.52. The molecule has 0 radical (unpaired) electrons. The van der Waals surface area contributed by atoms with Gasteiger partial charge >= 0.3 is 0 Å². The minimum Gasteiger partial charge on any atom is -0.324 e. The van der Waals surface area contributed by atoms with Gasteiger partial charge < -0.3 is 4.57 Å². The summed E-state index contributed by atoms with van der Waals surface area (Å²) in [6, 6.07) is 6.98. The van der Waals surface area contributed by atoms with Crippen molar-refractivity contribution >= 4 is 22.6 Å². The molecule has 0 bridgehead atoms. The van der Waals surface area contributed by atoms with E-state index in [0.29, 0.717) is 17.3 Å². The van der Waals surface area contributed by atoms with E-state index in [-0.39, 0.29) is 0 Å². The van der Waals surface area contributed by atoms with E-state index in [2.05, 4.69) is 43.5 Å². The largest absolute Gasteiger partial charge is 0.324 e. The maximum absolute atomic E-state index is 6.16. The summed E-state index contributed by atoms with van der Waals surface area (Å²) in [6.45, 7) is 6.89. The van der Waals surface area contributed by atoms with Crippen LogP contribution in [0.4, 0.5) is 0 Å². The van der Waals surface area contributed by atoms with Crippen molar-refractivity contribution in [3.63, 3.8) is 0 Å². The molecule has 1 heterocycles. The first-order valence-corrected chi connectivity index (χ1v) is 8.08. The SMILES string of the molecule is Cc1cccc2c1nc(CCl)n2C1CCCC(C)(C)C1. The highest BCUT2D eigenvalue weighted by atomic mass is 35.5. The van der Waals surface area contributed by atoms with Gasteiger partial charge in [-0.25, -0.2) is 4.98 Å². The third-order valence-corrected chi connectivity index (χ3v) is 4.90. The van der Waals surface area contributed by atoms with E-state index >= 15 is 0 Å². The lowest BCUT2D eigenvalue weighted by molar-refractivity contribution is 0.184. The predicted molar refractivity (Wildman–Crippen MR) is 85.3 cm³/mol. The third kappa shape index (κ3) is 2.35. The van der Waals surface area contributed by atoms with Crippen molar-refractivity contribution in [3.05, 3.63) is 29.6 Å². The van der Waals surface area contributed by atoms with Gasteiger partial charge in [-0.2, -0.15) is 0 Å². The smallest absolute Gasteiger partial charge is 0.125 e. The second kappa shape index (κ2) is 5.07. The number of para-hydroxylation sites is 1. The van der Waals surface area contributed by atoms with Crippen LogP contribution in [-0.4, -0.2) is 9.55 Å². The van der Waals surface area contributed by atoms with Gasteiger partial charge in [-0.05, 0) is 43.2 Å². The number of aryl methyl sites for hydroxylation is 1. The van der Waals surface area contributed by atoms with Crippen LogP contribution in [0.15, 0.2) is 18.2 Å². The molecule has 1 aliphatic carbocycles. The fourth-order valence-electron chi connectivity index (χ4n) is 3.69. The summed E-state index contributed by atoms with van der Waals surface area (Å²) < 4.78 is 2.41. The van der Waals surface area contributed by atoms with Crippen LogP contribution in [0.25, 0.3) is 11.0 Å². The average Bonchev–Trinajstić information content (AvgIpc) is 2.77. The lowest BCUT2D eigenvalue weighted by Gasteiger charge is -2.36. The van der Waals surface area contributed by atoms with Crippen molar-refractivity contribution < 1.29 is 0 Å². The zero-order valence-corrected chi connectivity index (χ0v) is 13.4. The van der Waals surface area contributed by atoms with E-state index in [0.717, 1.165) is 11.3 Å². The van der Waals surface area contributed by atoms with Crippen molar-refractivity contribution in [2.24, 2.45) is 5.41 Å². The Labute approximate surface area is 126 Å². The van der Waals surface area contributed by atoms with Gasteiger partial charge in [0, 0.05) is 6.04 Å². The normalized spacial score (nSPS) is 22.3. The molecule has 1 saturated carbocycles. The molecule has 108 valence electrons.